The maximum Gasteiger partial charge on any atom is 0.251 e. The van der Waals surface area contributed by atoms with Crippen LogP contribution in [-0.4, -0.2) is 33.7 Å². The Hall–Kier alpha value is -2.54. The van der Waals surface area contributed by atoms with E-state index in [-0.39, 0.29) is 11.9 Å². The summed E-state index contributed by atoms with van der Waals surface area (Å²) in [5, 5.41) is 2.88. The molecule has 0 spiro atoms. The Kier molecular flexibility index (Phi) is 4.91. The van der Waals surface area contributed by atoms with E-state index in [1.54, 1.807) is 25.3 Å². The highest BCUT2D eigenvalue weighted by Gasteiger charge is 2.32. The number of rotatable bonds is 5. The van der Waals surface area contributed by atoms with Gasteiger partial charge in [0.05, 0.1) is 19.1 Å². The molecule has 0 saturated carbocycles. The van der Waals surface area contributed by atoms with Gasteiger partial charge in [-0.05, 0) is 54.8 Å². The Morgan fingerprint density at radius 2 is 2.04 bits per heavy atom. The van der Waals surface area contributed by atoms with Crippen LogP contribution >= 0.6 is 0 Å². The molecule has 26 heavy (non-hydrogen) atoms. The van der Waals surface area contributed by atoms with Crippen LogP contribution in [-0.2, 0) is 23.0 Å². The molecule has 1 N–H and O–H groups in total. The molecule has 0 bridgehead atoms. The normalized spacial score (nSPS) is 16.3. The van der Waals surface area contributed by atoms with Crippen molar-refractivity contribution in [1.29, 1.82) is 0 Å². The maximum atomic E-state index is 12.5. The molecule has 1 aliphatic rings. The minimum Gasteiger partial charge on any atom is -0.497 e. The minimum atomic E-state index is -3.33. The zero-order chi connectivity index (χ0) is 18.9. The van der Waals surface area contributed by atoms with Crippen LogP contribution in [0.1, 0.15) is 28.4 Å². The molecule has 0 unspecified atom stereocenters. The first kappa shape index (κ1) is 18.3. The number of hydrogen-bond acceptors (Lipinski definition) is 4. The van der Waals surface area contributed by atoms with Crippen molar-refractivity contribution >= 4 is 21.6 Å². The Morgan fingerprint density at radius 1 is 1.27 bits per heavy atom. The van der Waals surface area contributed by atoms with Gasteiger partial charge >= 0.3 is 0 Å². The fourth-order valence-corrected chi connectivity index (χ4v) is 4.58. The quantitative estimate of drug-likeness (QED) is 0.872. The number of sulfonamides is 1. The summed E-state index contributed by atoms with van der Waals surface area (Å²) in [4.78, 5) is 12.5. The number of fused-ring (bicyclic) bond motifs is 1. The molecule has 138 valence electrons. The lowest BCUT2D eigenvalue weighted by atomic mass is 10.1. The minimum absolute atomic E-state index is 0.143. The van der Waals surface area contributed by atoms with Gasteiger partial charge in [-0.2, -0.15) is 0 Å². The molecule has 2 aromatic carbocycles. The van der Waals surface area contributed by atoms with Crippen LogP contribution in [0, 0.1) is 0 Å². The second-order valence-electron chi connectivity index (χ2n) is 6.49. The van der Waals surface area contributed by atoms with Gasteiger partial charge in [-0.25, -0.2) is 8.42 Å². The average Bonchev–Trinajstić information content (AvgIpc) is 2.94. The number of hydrogen-bond donors (Lipinski definition) is 1. The predicted molar refractivity (Wildman–Crippen MR) is 101 cm³/mol. The van der Waals surface area contributed by atoms with Crippen LogP contribution in [0.4, 0.5) is 5.69 Å². The molecule has 7 heteroatoms. The van der Waals surface area contributed by atoms with E-state index in [1.165, 1.54) is 10.6 Å². The summed E-state index contributed by atoms with van der Waals surface area (Å²) >= 11 is 0. The maximum absolute atomic E-state index is 12.5. The molecule has 3 rings (SSSR count). The number of amides is 1. The first-order valence-corrected chi connectivity index (χ1v) is 10.2. The molecular formula is C19H22N2O4S. The number of carbonyl (C=O) groups is 1. The molecule has 0 saturated heterocycles. The number of nitrogens with zero attached hydrogens (tertiary/aromatic N) is 1. The number of methoxy groups -OCH3 is 1. The van der Waals surface area contributed by atoms with Gasteiger partial charge in [-0.3, -0.25) is 9.10 Å². The third kappa shape index (κ3) is 3.67. The standard InChI is InChI=1S/C19H22N2O4S/c1-13-9-16-11-15(7-8-18(16)21(13)26(3,23)24)19(22)20-12-14-5-4-6-17(10-14)25-2/h4-8,10-11,13H,9,12H2,1-3H3,(H,20,22)/t13-/m1/s1. The fourth-order valence-electron chi connectivity index (χ4n) is 3.32. The zero-order valence-electron chi connectivity index (χ0n) is 15.0. The summed E-state index contributed by atoms with van der Waals surface area (Å²) in [7, 11) is -1.73. The average molecular weight is 374 g/mol. The summed E-state index contributed by atoms with van der Waals surface area (Å²) in [6, 6.07) is 12.5. The number of carbonyl (C=O) groups excluding carboxylic acids is 1. The third-order valence-corrected chi connectivity index (χ3v) is 5.71. The lowest BCUT2D eigenvalue weighted by Gasteiger charge is -2.21. The summed E-state index contributed by atoms with van der Waals surface area (Å²) in [5.74, 6) is 0.546. The van der Waals surface area contributed by atoms with Crippen molar-refractivity contribution in [3.8, 4) is 5.75 Å². The highest BCUT2D eigenvalue weighted by molar-refractivity contribution is 7.92. The van der Waals surface area contributed by atoms with Gasteiger partial charge in [0.25, 0.3) is 5.91 Å². The predicted octanol–water partition coefficient (Wildman–Crippen LogP) is 2.34. The number of nitrogens with one attached hydrogen (secondary N) is 1. The van der Waals surface area contributed by atoms with Gasteiger partial charge in [0.2, 0.25) is 10.0 Å². The van der Waals surface area contributed by atoms with E-state index in [0.717, 1.165) is 16.9 Å². The van der Waals surface area contributed by atoms with Crippen LogP contribution in [0.25, 0.3) is 0 Å². The van der Waals surface area contributed by atoms with Crippen LogP contribution in [0.15, 0.2) is 42.5 Å². The van der Waals surface area contributed by atoms with E-state index in [4.69, 9.17) is 4.74 Å². The van der Waals surface area contributed by atoms with Crippen molar-refractivity contribution in [3.05, 3.63) is 59.2 Å². The van der Waals surface area contributed by atoms with Gasteiger partial charge in [0.1, 0.15) is 5.75 Å². The second-order valence-corrected chi connectivity index (χ2v) is 8.35. The van der Waals surface area contributed by atoms with Crippen molar-refractivity contribution in [2.24, 2.45) is 0 Å². The molecule has 1 atom stereocenters. The van der Waals surface area contributed by atoms with Crippen LogP contribution < -0.4 is 14.4 Å². The third-order valence-electron chi connectivity index (χ3n) is 4.44. The number of ether oxygens (including phenoxy) is 1. The number of benzene rings is 2. The molecule has 1 aliphatic heterocycles. The van der Waals surface area contributed by atoms with Crippen molar-refractivity contribution in [2.75, 3.05) is 17.7 Å². The highest BCUT2D eigenvalue weighted by atomic mass is 32.2. The number of anilines is 1. The van der Waals surface area contributed by atoms with E-state index in [1.807, 2.05) is 31.2 Å². The lowest BCUT2D eigenvalue weighted by molar-refractivity contribution is 0.0951. The lowest BCUT2D eigenvalue weighted by Crippen LogP contribution is -2.34. The largest absolute Gasteiger partial charge is 0.497 e. The first-order valence-electron chi connectivity index (χ1n) is 8.33. The highest BCUT2D eigenvalue weighted by Crippen LogP contribution is 2.34. The topological polar surface area (TPSA) is 75.7 Å². The summed E-state index contributed by atoms with van der Waals surface area (Å²) in [6.07, 6.45) is 1.80. The molecule has 0 radical (unpaired) electrons. The van der Waals surface area contributed by atoms with Gasteiger partial charge < -0.3 is 10.1 Å². The van der Waals surface area contributed by atoms with Gasteiger partial charge in [-0.15, -0.1) is 0 Å². The molecule has 1 heterocycles. The Balaban J connectivity index is 1.75. The summed E-state index contributed by atoms with van der Waals surface area (Å²) in [5.41, 5.74) is 2.99. The van der Waals surface area contributed by atoms with Gasteiger partial charge in [-0.1, -0.05) is 12.1 Å². The molecule has 0 fully saturated rings. The molecule has 2 aromatic rings. The molecule has 1 amide bonds. The zero-order valence-corrected chi connectivity index (χ0v) is 15.8. The van der Waals surface area contributed by atoms with Gasteiger partial charge in [0, 0.05) is 18.2 Å². The Morgan fingerprint density at radius 3 is 2.73 bits per heavy atom. The van der Waals surface area contributed by atoms with Crippen LogP contribution in [0.3, 0.4) is 0 Å². The SMILES string of the molecule is COc1cccc(CNC(=O)c2ccc3c(c2)C[C@@H](C)N3S(C)(=O)=O)c1. The smallest absolute Gasteiger partial charge is 0.251 e. The van der Waals surface area contributed by atoms with E-state index in [2.05, 4.69) is 5.32 Å². The molecule has 6 nitrogen and oxygen atoms in total. The van der Waals surface area contributed by atoms with Gasteiger partial charge in [0.15, 0.2) is 0 Å². The summed E-state index contributed by atoms with van der Waals surface area (Å²) < 4.78 is 30.5. The van der Waals surface area contributed by atoms with Crippen LogP contribution in [0.5, 0.6) is 5.75 Å². The van der Waals surface area contributed by atoms with E-state index in [0.29, 0.717) is 24.2 Å². The molecular weight excluding hydrogens is 352 g/mol. The fraction of sp³-hybridized carbons (Fsp3) is 0.316. The van der Waals surface area contributed by atoms with Crippen molar-refractivity contribution in [3.63, 3.8) is 0 Å². The van der Waals surface area contributed by atoms with Crippen molar-refractivity contribution < 1.29 is 17.9 Å². The molecule has 0 aliphatic carbocycles. The van der Waals surface area contributed by atoms with E-state index < -0.39 is 10.0 Å². The Labute approximate surface area is 153 Å². The Bertz CT molecular complexity index is 940. The van der Waals surface area contributed by atoms with E-state index in [9.17, 15) is 13.2 Å². The monoisotopic (exact) mass is 374 g/mol. The first-order chi connectivity index (χ1) is 12.3. The second kappa shape index (κ2) is 6.99. The van der Waals surface area contributed by atoms with Crippen molar-refractivity contribution in [2.45, 2.75) is 25.9 Å². The summed E-state index contributed by atoms with van der Waals surface area (Å²) in [6.45, 7) is 2.25. The molecule has 0 aromatic heterocycles. The van der Waals surface area contributed by atoms with Crippen LogP contribution in [0.2, 0.25) is 0 Å². The van der Waals surface area contributed by atoms with E-state index >= 15 is 0 Å². The van der Waals surface area contributed by atoms with Crippen molar-refractivity contribution in [1.82, 2.24) is 5.32 Å².